The Morgan fingerprint density at radius 1 is 1.25 bits per heavy atom. The number of aryl methyl sites for hydroxylation is 1. The number of nitrogens with one attached hydrogen (secondary N) is 2. The van der Waals surface area contributed by atoms with Crippen LogP contribution in [0.15, 0.2) is 23.0 Å². The van der Waals surface area contributed by atoms with Crippen LogP contribution in [0.4, 0.5) is 11.5 Å². The summed E-state index contributed by atoms with van der Waals surface area (Å²) >= 11 is 1.00. The van der Waals surface area contributed by atoms with Gasteiger partial charge < -0.3 is 19.7 Å². The number of rotatable bonds is 6. The molecule has 0 saturated carbocycles. The van der Waals surface area contributed by atoms with Gasteiger partial charge in [-0.15, -0.1) is 4.37 Å². The van der Waals surface area contributed by atoms with Gasteiger partial charge in [0.25, 0.3) is 17.3 Å². The number of para-hydroxylation sites is 1. The maximum atomic E-state index is 13.3. The van der Waals surface area contributed by atoms with Crippen LogP contribution < -0.4 is 25.8 Å². The van der Waals surface area contributed by atoms with Crippen molar-refractivity contribution >= 4 is 51.9 Å². The standard InChI is InChI=1S/C22H23N7O6S/c1-12-23-18-13(22(33)29(12)15-5-6-16(30)25-20(15)32)3-2-4-14(18)24-17(31)11-35-21-19(26-36-27-21)28-7-9-34-10-8-28/h2-4,15H,5-11H2,1H3,(H,24,31)(H,25,30,32). The van der Waals surface area contributed by atoms with Crippen LogP contribution in [0.25, 0.3) is 10.9 Å². The summed E-state index contributed by atoms with van der Waals surface area (Å²) in [4.78, 5) is 56.3. The lowest BCUT2D eigenvalue weighted by molar-refractivity contribution is -0.135. The highest BCUT2D eigenvalue weighted by Gasteiger charge is 2.30. The minimum Gasteiger partial charge on any atom is -0.464 e. The Hall–Kier alpha value is -3.91. The molecule has 36 heavy (non-hydrogen) atoms. The van der Waals surface area contributed by atoms with E-state index in [1.165, 1.54) is 4.57 Å². The number of ether oxygens (including phenoxy) is 2. The van der Waals surface area contributed by atoms with Gasteiger partial charge in [-0.05, 0) is 25.5 Å². The fourth-order valence-corrected chi connectivity index (χ4v) is 4.80. The molecule has 3 aromatic rings. The summed E-state index contributed by atoms with van der Waals surface area (Å²) in [6.45, 7) is 3.77. The summed E-state index contributed by atoms with van der Waals surface area (Å²) in [7, 11) is 0. The van der Waals surface area contributed by atoms with Crippen molar-refractivity contribution in [3.8, 4) is 5.88 Å². The largest absolute Gasteiger partial charge is 0.464 e. The molecular formula is C22H23N7O6S. The summed E-state index contributed by atoms with van der Waals surface area (Å²) in [6.07, 6.45) is 0.350. The summed E-state index contributed by atoms with van der Waals surface area (Å²) in [5.74, 6) is -0.218. The van der Waals surface area contributed by atoms with Crippen molar-refractivity contribution in [1.82, 2.24) is 23.6 Å². The van der Waals surface area contributed by atoms with Gasteiger partial charge >= 0.3 is 0 Å². The monoisotopic (exact) mass is 513 g/mol. The minimum absolute atomic E-state index is 0.137. The highest BCUT2D eigenvalue weighted by molar-refractivity contribution is 6.99. The summed E-state index contributed by atoms with van der Waals surface area (Å²) in [5.41, 5.74) is 0.200. The second-order valence-electron chi connectivity index (χ2n) is 8.33. The van der Waals surface area contributed by atoms with Crippen LogP contribution in [-0.4, -0.2) is 68.9 Å². The molecule has 2 saturated heterocycles. The average Bonchev–Trinajstić information content (AvgIpc) is 3.34. The number of amides is 3. The van der Waals surface area contributed by atoms with E-state index in [9.17, 15) is 19.2 Å². The molecular weight excluding hydrogens is 490 g/mol. The smallest absolute Gasteiger partial charge is 0.271 e. The topological polar surface area (TPSA) is 158 Å². The van der Waals surface area contributed by atoms with Crippen LogP contribution in [0.2, 0.25) is 0 Å². The van der Waals surface area contributed by atoms with E-state index < -0.39 is 23.4 Å². The molecule has 5 rings (SSSR count). The minimum atomic E-state index is -0.828. The number of piperidine rings is 1. The van der Waals surface area contributed by atoms with Crippen LogP contribution in [-0.2, 0) is 19.1 Å². The van der Waals surface area contributed by atoms with E-state index in [-0.39, 0.29) is 36.6 Å². The van der Waals surface area contributed by atoms with Gasteiger partial charge in [0, 0.05) is 19.5 Å². The molecule has 1 aromatic carbocycles. The second kappa shape index (κ2) is 9.99. The van der Waals surface area contributed by atoms with Gasteiger partial charge in [0.05, 0.1) is 36.0 Å². The molecule has 0 radical (unpaired) electrons. The fourth-order valence-electron chi connectivity index (χ4n) is 4.28. The Kier molecular flexibility index (Phi) is 6.61. The normalized spacial score (nSPS) is 18.2. The maximum absolute atomic E-state index is 13.3. The van der Waals surface area contributed by atoms with Gasteiger partial charge in [0.2, 0.25) is 17.6 Å². The van der Waals surface area contributed by atoms with Crippen LogP contribution in [0.1, 0.15) is 24.7 Å². The van der Waals surface area contributed by atoms with Gasteiger partial charge in [-0.3, -0.25) is 29.1 Å². The predicted octanol–water partition coefficient (Wildman–Crippen LogP) is 0.388. The Morgan fingerprint density at radius 3 is 2.83 bits per heavy atom. The molecule has 2 fully saturated rings. The number of anilines is 2. The number of fused-ring (bicyclic) bond motifs is 1. The zero-order valence-corrected chi connectivity index (χ0v) is 20.2. The Balaban J connectivity index is 1.34. The molecule has 3 amide bonds. The van der Waals surface area contributed by atoms with Gasteiger partial charge in [-0.1, -0.05) is 6.07 Å². The number of carbonyl (C=O) groups excluding carboxylic acids is 3. The molecule has 14 heteroatoms. The van der Waals surface area contributed by atoms with E-state index in [2.05, 4.69) is 24.4 Å². The molecule has 4 heterocycles. The number of imide groups is 1. The number of hydrogen-bond acceptors (Lipinski definition) is 11. The van der Waals surface area contributed by atoms with Gasteiger partial charge in [-0.25, -0.2) is 4.98 Å². The van der Waals surface area contributed by atoms with E-state index in [1.807, 2.05) is 4.90 Å². The zero-order chi connectivity index (χ0) is 25.2. The number of carbonyl (C=O) groups is 3. The number of morpholine rings is 1. The highest BCUT2D eigenvalue weighted by atomic mass is 32.1. The molecule has 2 aliphatic heterocycles. The first kappa shape index (κ1) is 23.8. The third-order valence-corrected chi connectivity index (χ3v) is 6.50. The number of benzene rings is 1. The van der Waals surface area contributed by atoms with Crippen LogP contribution in [0.5, 0.6) is 5.88 Å². The molecule has 2 aromatic heterocycles. The molecule has 13 nitrogen and oxygen atoms in total. The van der Waals surface area contributed by atoms with E-state index in [0.717, 1.165) is 11.7 Å². The Bertz CT molecular complexity index is 1400. The summed E-state index contributed by atoms with van der Waals surface area (Å²) < 4.78 is 20.7. The SMILES string of the molecule is Cc1nc2c(NC(=O)COc3nsnc3N3CCOCC3)cccc2c(=O)n1C1CCC(=O)NC1=O. The number of nitrogens with zero attached hydrogens (tertiary/aromatic N) is 5. The fraction of sp³-hybridized carbons (Fsp3) is 0.409. The predicted molar refractivity (Wildman–Crippen MR) is 129 cm³/mol. The Morgan fingerprint density at radius 2 is 2.06 bits per heavy atom. The van der Waals surface area contributed by atoms with Crippen molar-refractivity contribution in [2.75, 3.05) is 43.1 Å². The molecule has 188 valence electrons. The van der Waals surface area contributed by atoms with E-state index >= 15 is 0 Å². The van der Waals surface area contributed by atoms with Crippen molar-refractivity contribution in [1.29, 1.82) is 0 Å². The van der Waals surface area contributed by atoms with Gasteiger partial charge in [-0.2, -0.15) is 4.37 Å². The molecule has 1 unspecified atom stereocenters. The first-order valence-corrected chi connectivity index (χ1v) is 12.1. The second-order valence-corrected chi connectivity index (χ2v) is 8.86. The van der Waals surface area contributed by atoms with Gasteiger partial charge in [0.15, 0.2) is 6.61 Å². The highest BCUT2D eigenvalue weighted by Crippen LogP contribution is 2.27. The van der Waals surface area contributed by atoms with Crippen LogP contribution in [0, 0.1) is 6.92 Å². The maximum Gasteiger partial charge on any atom is 0.271 e. The van der Waals surface area contributed by atoms with Crippen LogP contribution >= 0.6 is 11.7 Å². The van der Waals surface area contributed by atoms with Crippen molar-refractivity contribution in [3.63, 3.8) is 0 Å². The lowest BCUT2D eigenvalue weighted by atomic mass is 10.1. The van der Waals surface area contributed by atoms with Crippen molar-refractivity contribution in [2.45, 2.75) is 25.8 Å². The van der Waals surface area contributed by atoms with E-state index in [0.29, 0.717) is 49.1 Å². The molecule has 1 atom stereocenters. The first-order chi connectivity index (χ1) is 17.4. The van der Waals surface area contributed by atoms with Crippen molar-refractivity contribution in [3.05, 3.63) is 34.4 Å². The summed E-state index contributed by atoms with van der Waals surface area (Å²) in [5, 5.41) is 5.24. The van der Waals surface area contributed by atoms with Crippen molar-refractivity contribution in [2.24, 2.45) is 0 Å². The lowest BCUT2D eigenvalue weighted by Crippen LogP contribution is -2.45. The third kappa shape index (κ3) is 4.64. The first-order valence-electron chi connectivity index (χ1n) is 11.4. The third-order valence-electron chi connectivity index (χ3n) is 6.00. The number of aromatic nitrogens is 4. The molecule has 2 N–H and O–H groups in total. The Labute approximate surface area is 208 Å². The van der Waals surface area contributed by atoms with Gasteiger partial charge in [0.1, 0.15) is 17.4 Å². The molecule has 0 bridgehead atoms. The van der Waals surface area contributed by atoms with E-state index in [4.69, 9.17) is 9.47 Å². The molecule has 0 spiro atoms. The van der Waals surface area contributed by atoms with Crippen molar-refractivity contribution < 1.29 is 23.9 Å². The van der Waals surface area contributed by atoms with E-state index in [1.54, 1.807) is 25.1 Å². The quantitative estimate of drug-likeness (QED) is 0.442. The lowest BCUT2D eigenvalue weighted by Gasteiger charge is -2.26. The average molecular weight is 514 g/mol. The molecule has 0 aliphatic carbocycles. The summed E-state index contributed by atoms with van der Waals surface area (Å²) in [6, 6.07) is 4.00. The zero-order valence-electron chi connectivity index (χ0n) is 19.4. The number of hydrogen-bond donors (Lipinski definition) is 2. The van der Waals surface area contributed by atoms with Crippen LogP contribution in [0.3, 0.4) is 0 Å². The molecule has 2 aliphatic rings.